The minimum atomic E-state index is -3.24. The van der Waals surface area contributed by atoms with Gasteiger partial charge >= 0.3 is 6.03 Å². The molecule has 0 fully saturated rings. The summed E-state index contributed by atoms with van der Waals surface area (Å²) in [6.45, 7) is 4.93. The Morgan fingerprint density at radius 3 is 2.76 bits per heavy atom. The van der Waals surface area contributed by atoms with E-state index in [0.29, 0.717) is 5.82 Å². The number of nitrogens with zero attached hydrogens (tertiary/aromatic N) is 3. The van der Waals surface area contributed by atoms with E-state index in [1.54, 1.807) is 4.68 Å². The summed E-state index contributed by atoms with van der Waals surface area (Å²) in [6, 6.07) is -0.675. The monoisotopic (exact) mass is 318 g/mol. The zero-order valence-corrected chi connectivity index (χ0v) is 13.3. The van der Waals surface area contributed by atoms with E-state index in [2.05, 4.69) is 25.4 Å². The lowest BCUT2D eigenvalue weighted by Crippen LogP contribution is -2.41. The maximum atomic E-state index is 11.7. The van der Waals surface area contributed by atoms with Crippen LogP contribution >= 0.6 is 0 Å². The van der Waals surface area contributed by atoms with E-state index in [1.165, 1.54) is 6.33 Å². The van der Waals surface area contributed by atoms with Crippen molar-refractivity contribution >= 4 is 16.1 Å². The van der Waals surface area contributed by atoms with E-state index in [1.807, 2.05) is 13.8 Å². The Kier molecular flexibility index (Phi) is 6.56. The van der Waals surface area contributed by atoms with Crippen LogP contribution in [0, 0.1) is 0 Å². The first-order valence-corrected chi connectivity index (χ1v) is 8.59. The highest BCUT2D eigenvalue weighted by Crippen LogP contribution is 2.08. The third-order valence-corrected chi connectivity index (χ3v) is 3.32. The van der Waals surface area contributed by atoms with Gasteiger partial charge in [-0.25, -0.2) is 27.6 Å². The predicted octanol–water partition coefficient (Wildman–Crippen LogP) is -0.402. The molecule has 0 unspecified atom stereocenters. The summed E-state index contributed by atoms with van der Waals surface area (Å²) in [5, 5.41) is 9.39. The summed E-state index contributed by atoms with van der Waals surface area (Å²) in [7, 11) is -3.24. The molecule has 0 saturated carbocycles. The average molecular weight is 318 g/mol. The largest absolute Gasteiger partial charge is 0.337 e. The Balaban J connectivity index is 2.38. The first-order chi connectivity index (χ1) is 9.83. The van der Waals surface area contributed by atoms with Gasteiger partial charge < -0.3 is 10.6 Å². The van der Waals surface area contributed by atoms with Gasteiger partial charge in [-0.3, -0.25) is 0 Å². The lowest BCUT2D eigenvalue weighted by atomic mass is 10.3. The lowest BCUT2D eigenvalue weighted by molar-refractivity contribution is 0.237. The summed E-state index contributed by atoms with van der Waals surface area (Å²) in [5.41, 5.74) is 0. The molecule has 0 aliphatic rings. The molecular formula is C11H22N6O3S. The van der Waals surface area contributed by atoms with Gasteiger partial charge in [0.1, 0.15) is 12.2 Å². The number of nitrogens with one attached hydrogen (secondary N) is 3. The van der Waals surface area contributed by atoms with Crippen molar-refractivity contribution in [2.45, 2.75) is 32.9 Å². The topological polar surface area (TPSA) is 118 Å². The molecule has 0 radical (unpaired) electrons. The minimum Gasteiger partial charge on any atom is -0.337 e. The molecule has 1 rings (SSSR count). The van der Waals surface area contributed by atoms with Gasteiger partial charge in [0.2, 0.25) is 10.0 Å². The first-order valence-electron chi connectivity index (χ1n) is 6.70. The fraction of sp³-hybridized carbons (Fsp3) is 0.727. The number of amides is 2. The van der Waals surface area contributed by atoms with Crippen molar-refractivity contribution in [1.29, 1.82) is 0 Å². The maximum Gasteiger partial charge on any atom is 0.315 e. The third-order valence-electron chi connectivity index (χ3n) is 2.59. The molecule has 9 nitrogen and oxygen atoms in total. The van der Waals surface area contributed by atoms with Crippen LogP contribution in [0.5, 0.6) is 0 Å². The van der Waals surface area contributed by atoms with Crippen molar-refractivity contribution in [2.24, 2.45) is 0 Å². The van der Waals surface area contributed by atoms with Crippen LogP contribution in [-0.2, 0) is 16.6 Å². The van der Waals surface area contributed by atoms with E-state index in [4.69, 9.17) is 0 Å². The van der Waals surface area contributed by atoms with Crippen molar-refractivity contribution in [3.63, 3.8) is 0 Å². The van der Waals surface area contributed by atoms with Gasteiger partial charge in [0.25, 0.3) is 0 Å². The van der Waals surface area contributed by atoms with Crippen molar-refractivity contribution in [1.82, 2.24) is 30.1 Å². The van der Waals surface area contributed by atoms with Crippen molar-refractivity contribution in [2.75, 3.05) is 19.3 Å². The van der Waals surface area contributed by atoms with Gasteiger partial charge in [0.05, 0.1) is 12.3 Å². The molecule has 0 spiro atoms. The fourth-order valence-electron chi connectivity index (χ4n) is 1.72. The normalized spacial score (nSPS) is 12.9. The Bertz CT molecular complexity index is 556. The van der Waals surface area contributed by atoms with E-state index in [9.17, 15) is 13.2 Å². The molecular weight excluding hydrogens is 296 g/mol. The Hall–Kier alpha value is -1.68. The molecule has 120 valence electrons. The number of aryl methyl sites for hydroxylation is 1. The number of aromatic nitrogens is 3. The molecule has 2 amide bonds. The molecule has 10 heteroatoms. The second-order valence-corrected chi connectivity index (χ2v) is 6.46. The van der Waals surface area contributed by atoms with Gasteiger partial charge in [-0.1, -0.05) is 6.92 Å². The number of sulfonamides is 1. The van der Waals surface area contributed by atoms with Gasteiger partial charge in [-0.15, -0.1) is 0 Å². The van der Waals surface area contributed by atoms with Gasteiger partial charge in [-0.05, 0) is 13.3 Å². The number of carbonyl (C=O) groups is 1. The minimum absolute atomic E-state index is 0.145. The summed E-state index contributed by atoms with van der Waals surface area (Å²) in [5.74, 6) is 0.682. The quantitative estimate of drug-likeness (QED) is 0.564. The highest BCUT2D eigenvalue weighted by molar-refractivity contribution is 7.88. The second-order valence-electron chi connectivity index (χ2n) is 4.63. The molecule has 21 heavy (non-hydrogen) atoms. The van der Waals surface area contributed by atoms with Crippen molar-refractivity contribution < 1.29 is 13.2 Å². The Morgan fingerprint density at radius 2 is 2.14 bits per heavy atom. The van der Waals surface area contributed by atoms with Crippen LogP contribution in [0.3, 0.4) is 0 Å². The third kappa shape index (κ3) is 6.54. The number of carbonyl (C=O) groups excluding carboxylic acids is 1. The average Bonchev–Trinajstić information content (AvgIpc) is 2.82. The van der Waals surface area contributed by atoms with E-state index < -0.39 is 10.0 Å². The lowest BCUT2D eigenvalue weighted by Gasteiger charge is -2.15. The van der Waals surface area contributed by atoms with Crippen LogP contribution in [0.25, 0.3) is 0 Å². The van der Waals surface area contributed by atoms with Crippen LogP contribution in [0.2, 0.25) is 0 Å². The molecule has 0 bridgehead atoms. The smallest absolute Gasteiger partial charge is 0.315 e. The molecule has 3 N–H and O–H groups in total. The molecule has 1 atom stereocenters. The van der Waals surface area contributed by atoms with Crippen molar-refractivity contribution in [3.05, 3.63) is 12.2 Å². The molecule has 0 saturated heterocycles. The predicted molar refractivity (Wildman–Crippen MR) is 78.1 cm³/mol. The van der Waals surface area contributed by atoms with Crippen LogP contribution < -0.4 is 15.4 Å². The molecule has 0 aliphatic carbocycles. The molecule has 0 aliphatic heterocycles. The summed E-state index contributed by atoms with van der Waals surface area (Å²) in [4.78, 5) is 15.8. The number of hydrogen-bond acceptors (Lipinski definition) is 5. The fourth-order valence-corrected chi connectivity index (χ4v) is 2.19. The van der Waals surface area contributed by atoms with Gasteiger partial charge in [0, 0.05) is 19.6 Å². The zero-order valence-electron chi connectivity index (χ0n) is 12.5. The van der Waals surface area contributed by atoms with Gasteiger partial charge in [0.15, 0.2) is 0 Å². The summed E-state index contributed by atoms with van der Waals surface area (Å²) < 4.78 is 25.7. The zero-order chi connectivity index (χ0) is 15.9. The number of hydrogen-bond donors (Lipinski definition) is 3. The van der Waals surface area contributed by atoms with E-state index in [0.717, 1.165) is 19.2 Å². The van der Waals surface area contributed by atoms with Crippen LogP contribution in [0.15, 0.2) is 6.33 Å². The molecule has 1 heterocycles. The Labute approximate surface area is 124 Å². The van der Waals surface area contributed by atoms with Crippen LogP contribution in [0.4, 0.5) is 4.79 Å². The van der Waals surface area contributed by atoms with Gasteiger partial charge in [-0.2, -0.15) is 5.10 Å². The number of rotatable bonds is 8. The van der Waals surface area contributed by atoms with Crippen LogP contribution in [-0.4, -0.2) is 48.6 Å². The molecule has 1 aromatic heterocycles. The van der Waals surface area contributed by atoms with E-state index >= 15 is 0 Å². The second kappa shape index (κ2) is 7.93. The maximum absolute atomic E-state index is 11.7. The highest BCUT2D eigenvalue weighted by atomic mass is 32.2. The summed E-state index contributed by atoms with van der Waals surface area (Å²) in [6.07, 6.45) is 3.44. The van der Waals surface area contributed by atoms with Crippen molar-refractivity contribution in [3.8, 4) is 0 Å². The van der Waals surface area contributed by atoms with E-state index in [-0.39, 0.29) is 25.2 Å². The highest BCUT2D eigenvalue weighted by Gasteiger charge is 2.15. The summed E-state index contributed by atoms with van der Waals surface area (Å²) >= 11 is 0. The molecule has 1 aromatic rings. The number of urea groups is 1. The SMILES string of the molecule is CCCn1ncnc1[C@@H](C)NC(=O)NCCNS(C)(=O)=O. The first kappa shape index (κ1) is 17.4. The van der Waals surface area contributed by atoms with Crippen LogP contribution in [0.1, 0.15) is 32.1 Å². The molecule has 0 aromatic carbocycles. The Morgan fingerprint density at radius 1 is 1.43 bits per heavy atom. The standard InChI is InChI=1S/C11H22N6O3S/c1-4-7-17-10(13-8-14-17)9(2)16-11(18)12-5-6-15-21(3,19)20/h8-9,15H,4-7H2,1-3H3,(H2,12,16,18)/t9-/m1/s1.